The van der Waals surface area contributed by atoms with Crippen LogP contribution < -0.4 is 5.32 Å². The van der Waals surface area contributed by atoms with Crippen LogP contribution in [0.25, 0.3) is 0 Å². The van der Waals surface area contributed by atoms with Gasteiger partial charge in [-0.05, 0) is 0 Å². The summed E-state index contributed by atoms with van der Waals surface area (Å²) >= 11 is 0. The van der Waals surface area contributed by atoms with Gasteiger partial charge in [-0.25, -0.2) is 9.59 Å². The summed E-state index contributed by atoms with van der Waals surface area (Å²) in [6, 6.07) is 0. The first-order chi connectivity index (χ1) is 6.52. The molecule has 1 fully saturated rings. The van der Waals surface area contributed by atoms with Gasteiger partial charge in [0.25, 0.3) is 0 Å². The van der Waals surface area contributed by atoms with Crippen molar-refractivity contribution in [2.45, 2.75) is 17.9 Å². The third-order valence-electron chi connectivity index (χ3n) is 1.63. The number of rotatable bonds is 0. The van der Waals surface area contributed by atoms with Gasteiger partial charge >= 0.3 is 30.0 Å². The number of carbonyl (C=O) groups excluding carboxylic acids is 2. The topological polar surface area (TPSA) is 55.4 Å². The first-order valence-corrected chi connectivity index (χ1v) is 3.20. The molecular formula is C5HF6NO3. The van der Waals surface area contributed by atoms with Crippen LogP contribution in [0.15, 0.2) is 0 Å². The lowest BCUT2D eigenvalue weighted by Crippen LogP contribution is -2.67. The lowest BCUT2D eigenvalue weighted by atomic mass is 9.99. The number of hydrogen-bond acceptors (Lipinski definition) is 3. The second kappa shape index (κ2) is 2.76. The molecule has 0 bridgehead atoms. The maximum absolute atomic E-state index is 12.1. The van der Waals surface area contributed by atoms with Crippen LogP contribution in [0.1, 0.15) is 0 Å². The van der Waals surface area contributed by atoms with Crippen molar-refractivity contribution in [1.29, 1.82) is 0 Å². The molecule has 15 heavy (non-hydrogen) atoms. The van der Waals surface area contributed by atoms with E-state index in [1.54, 1.807) is 0 Å². The second-order valence-corrected chi connectivity index (χ2v) is 2.55. The number of ether oxygens (including phenoxy) is 1. The molecule has 0 spiro atoms. The van der Waals surface area contributed by atoms with Crippen LogP contribution in [0.5, 0.6) is 0 Å². The Morgan fingerprint density at radius 1 is 1.00 bits per heavy atom. The number of nitrogens with one attached hydrogen (secondary N) is 1. The minimum Gasteiger partial charge on any atom is -0.374 e. The lowest BCUT2D eigenvalue weighted by molar-refractivity contribution is -0.291. The van der Waals surface area contributed by atoms with Gasteiger partial charge in [0.2, 0.25) is 0 Å². The monoisotopic (exact) mass is 237 g/mol. The Balaban J connectivity index is 3.33. The van der Waals surface area contributed by atoms with E-state index in [9.17, 15) is 35.9 Å². The number of esters is 1. The summed E-state index contributed by atoms with van der Waals surface area (Å²) in [7, 11) is 0. The normalized spacial score (nSPS) is 21.2. The molecule has 10 heteroatoms. The van der Waals surface area contributed by atoms with Crippen molar-refractivity contribution < 1.29 is 40.7 Å². The van der Waals surface area contributed by atoms with Crippen molar-refractivity contribution in [3.8, 4) is 0 Å². The summed E-state index contributed by atoms with van der Waals surface area (Å²) in [6.07, 6.45) is -14.1. The van der Waals surface area contributed by atoms with E-state index in [2.05, 4.69) is 4.74 Å². The van der Waals surface area contributed by atoms with E-state index in [-0.39, 0.29) is 0 Å². The summed E-state index contributed by atoms with van der Waals surface area (Å²) in [4.78, 5) is 20.7. The van der Waals surface area contributed by atoms with Crippen LogP contribution in [-0.2, 0) is 9.53 Å². The highest BCUT2D eigenvalue weighted by Gasteiger charge is 2.80. The highest BCUT2D eigenvalue weighted by atomic mass is 19.4. The molecule has 0 aliphatic carbocycles. The van der Waals surface area contributed by atoms with Gasteiger partial charge in [-0.15, -0.1) is 0 Å². The molecule has 1 rings (SSSR count). The Hall–Kier alpha value is -1.48. The van der Waals surface area contributed by atoms with Gasteiger partial charge in [0.1, 0.15) is 0 Å². The van der Waals surface area contributed by atoms with Gasteiger partial charge in [0.05, 0.1) is 0 Å². The molecular weight excluding hydrogens is 236 g/mol. The number of hydrogen-bond donors (Lipinski definition) is 1. The Kier molecular flexibility index (Phi) is 2.14. The quantitative estimate of drug-likeness (QED) is 0.390. The molecule has 1 heterocycles. The summed E-state index contributed by atoms with van der Waals surface area (Å²) < 4.78 is 75.8. The van der Waals surface area contributed by atoms with E-state index in [0.29, 0.717) is 5.32 Å². The number of alkyl halides is 6. The zero-order valence-electron chi connectivity index (χ0n) is 6.49. The maximum Gasteiger partial charge on any atom is 0.431 e. The smallest absolute Gasteiger partial charge is 0.374 e. The first kappa shape index (κ1) is 11.6. The molecule has 0 radical (unpaired) electrons. The molecule has 1 saturated heterocycles. The van der Waals surface area contributed by atoms with Crippen molar-refractivity contribution in [3.63, 3.8) is 0 Å². The van der Waals surface area contributed by atoms with E-state index >= 15 is 0 Å². The zero-order chi connectivity index (χ0) is 12.1. The Bertz CT molecular complexity index is 304. The van der Waals surface area contributed by atoms with Crippen LogP contribution in [0, 0.1) is 0 Å². The third kappa shape index (κ3) is 1.39. The second-order valence-electron chi connectivity index (χ2n) is 2.55. The van der Waals surface area contributed by atoms with Crippen LogP contribution in [-0.4, -0.2) is 30.0 Å². The molecule has 0 aromatic carbocycles. The molecule has 0 unspecified atom stereocenters. The van der Waals surface area contributed by atoms with Crippen LogP contribution in [0.3, 0.4) is 0 Å². The van der Waals surface area contributed by atoms with E-state index in [4.69, 9.17) is 0 Å². The van der Waals surface area contributed by atoms with E-state index in [0.717, 1.165) is 0 Å². The van der Waals surface area contributed by atoms with E-state index in [1.165, 1.54) is 0 Å². The fourth-order valence-electron chi connectivity index (χ4n) is 0.924. The van der Waals surface area contributed by atoms with Crippen molar-refractivity contribution in [2.75, 3.05) is 0 Å². The molecule has 0 saturated carbocycles. The Labute approximate surface area is 77.2 Å². The fraction of sp³-hybridized carbons (Fsp3) is 0.600. The molecule has 1 amide bonds. The number of amides is 1. The molecule has 0 aromatic heterocycles. The standard InChI is InChI=1S/C5HF6NO3/c6-4(7,8)3(5(9,10)11)1(13)15-2(14)12-3/h(H,12,14). The first-order valence-electron chi connectivity index (χ1n) is 3.20. The lowest BCUT2D eigenvalue weighted by Gasteiger charge is -2.28. The summed E-state index contributed by atoms with van der Waals surface area (Å²) in [5.74, 6) is -2.73. The SMILES string of the molecule is O=C1NC(C(F)(F)F)(C(F)(F)F)C(=O)O1. The van der Waals surface area contributed by atoms with Gasteiger partial charge in [0.15, 0.2) is 0 Å². The van der Waals surface area contributed by atoms with Gasteiger partial charge < -0.3 is 4.74 Å². The highest BCUT2D eigenvalue weighted by molar-refractivity contribution is 6.00. The van der Waals surface area contributed by atoms with E-state index in [1.807, 2.05) is 0 Å². The predicted molar refractivity (Wildman–Crippen MR) is 29.5 cm³/mol. The van der Waals surface area contributed by atoms with Crippen molar-refractivity contribution in [2.24, 2.45) is 0 Å². The van der Waals surface area contributed by atoms with E-state index < -0.39 is 30.0 Å². The van der Waals surface area contributed by atoms with Gasteiger partial charge in [-0.3, -0.25) is 5.32 Å². The molecule has 1 N–H and O–H groups in total. The maximum atomic E-state index is 12.1. The molecule has 1 aliphatic heterocycles. The summed E-state index contributed by atoms with van der Waals surface area (Å²) in [5, 5.41) is 0.436. The number of carbonyl (C=O) groups is 2. The summed E-state index contributed by atoms with van der Waals surface area (Å²) in [5.41, 5.74) is -4.96. The highest BCUT2D eigenvalue weighted by Crippen LogP contribution is 2.45. The fourth-order valence-corrected chi connectivity index (χ4v) is 0.924. The van der Waals surface area contributed by atoms with Crippen LogP contribution >= 0.6 is 0 Å². The van der Waals surface area contributed by atoms with Gasteiger partial charge in [0, 0.05) is 0 Å². The van der Waals surface area contributed by atoms with Crippen LogP contribution in [0.2, 0.25) is 0 Å². The van der Waals surface area contributed by atoms with Crippen molar-refractivity contribution in [3.05, 3.63) is 0 Å². The van der Waals surface area contributed by atoms with Crippen LogP contribution in [0.4, 0.5) is 31.1 Å². The average molecular weight is 237 g/mol. The Morgan fingerprint density at radius 3 is 1.53 bits per heavy atom. The zero-order valence-corrected chi connectivity index (χ0v) is 6.49. The predicted octanol–water partition coefficient (Wildman–Crippen LogP) is 1.12. The number of alkyl carbamates (subject to hydrolysis) is 1. The number of halogens is 6. The molecule has 86 valence electrons. The van der Waals surface area contributed by atoms with Gasteiger partial charge in [-0.1, -0.05) is 0 Å². The minimum atomic E-state index is -6.02. The Morgan fingerprint density at radius 2 is 1.40 bits per heavy atom. The summed E-state index contributed by atoms with van der Waals surface area (Å²) in [6.45, 7) is 0. The van der Waals surface area contributed by atoms with Gasteiger partial charge in [-0.2, -0.15) is 26.3 Å². The molecule has 0 aromatic rings. The average Bonchev–Trinajstić information content (AvgIpc) is 2.23. The third-order valence-corrected chi connectivity index (χ3v) is 1.63. The molecule has 0 atom stereocenters. The van der Waals surface area contributed by atoms with Crippen molar-refractivity contribution >= 4 is 12.1 Å². The number of cyclic esters (lactones) is 2. The minimum absolute atomic E-state index is 0.436. The molecule has 4 nitrogen and oxygen atoms in total. The largest absolute Gasteiger partial charge is 0.431 e. The molecule has 1 aliphatic rings. The van der Waals surface area contributed by atoms with Crippen molar-refractivity contribution in [1.82, 2.24) is 5.32 Å².